The summed E-state index contributed by atoms with van der Waals surface area (Å²) in [5, 5.41) is 20.5. The molecule has 0 radical (unpaired) electrons. The van der Waals surface area contributed by atoms with Crippen LogP contribution in [-0.4, -0.2) is 36.9 Å². The van der Waals surface area contributed by atoms with Crippen molar-refractivity contribution >= 4 is 17.5 Å². The van der Waals surface area contributed by atoms with E-state index in [9.17, 15) is 4.79 Å². The van der Waals surface area contributed by atoms with Crippen LogP contribution in [0.2, 0.25) is 5.02 Å². The number of pyridine rings is 1. The SMILES string of the molecule is CC(Cn1ccc(-c2ccc(C#N)c(Cl)c2)n1)NC(=O)c1nc(-c2cccnc2)no1. The molecule has 0 fully saturated rings. The van der Waals surface area contributed by atoms with Gasteiger partial charge in [-0.05, 0) is 37.3 Å². The first-order chi connectivity index (χ1) is 15.0. The summed E-state index contributed by atoms with van der Waals surface area (Å²) >= 11 is 6.10. The number of halogens is 1. The van der Waals surface area contributed by atoms with Crippen LogP contribution in [0.3, 0.4) is 0 Å². The molecule has 4 aromatic rings. The molecule has 1 unspecified atom stereocenters. The molecule has 0 saturated heterocycles. The zero-order chi connectivity index (χ0) is 21.8. The minimum Gasteiger partial charge on any atom is -0.344 e. The van der Waals surface area contributed by atoms with Gasteiger partial charge in [-0.2, -0.15) is 15.3 Å². The number of rotatable bonds is 6. The molecule has 1 amide bonds. The van der Waals surface area contributed by atoms with Crippen molar-refractivity contribution < 1.29 is 9.32 Å². The molecule has 0 spiro atoms. The average molecular weight is 434 g/mol. The van der Waals surface area contributed by atoms with Crippen LogP contribution in [0.1, 0.15) is 23.2 Å². The summed E-state index contributed by atoms with van der Waals surface area (Å²) in [4.78, 5) is 20.5. The van der Waals surface area contributed by atoms with Crippen LogP contribution in [0.25, 0.3) is 22.6 Å². The smallest absolute Gasteiger partial charge is 0.316 e. The predicted molar refractivity (Wildman–Crippen MR) is 112 cm³/mol. The van der Waals surface area contributed by atoms with Gasteiger partial charge in [0.25, 0.3) is 0 Å². The molecule has 10 heteroatoms. The molecule has 3 heterocycles. The van der Waals surface area contributed by atoms with E-state index < -0.39 is 5.91 Å². The number of hydrogen-bond donors (Lipinski definition) is 1. The van der Waals surface area contributed by atoms with Gasteiger partial charge in [0, 0.05) is 35.8 Å². The Morgan fingerprint density at radius 1 is 1.32 bits per heavy atom. The number of amides is 1. The zero-order valence-corrected chi connectivity index (χ0v) is 17.1. The van der Waals surface area contributed by atoms with Crippen molar-refractivity contribution in [3.8, 4) is 28.7 Å². The van der Waals surface area contributed by atoms with Crippen LogP contribution in [0.4, 0.5) is 0 Å². The molecule has 154 valence electrons. The predicted octanol–water partition coefficient (Wildman–Crippen LogP) is 3.34. The van der Waals surface area contributed by atoms with E-state index in [1.165, 1.54) is 0 Å². The van der Waals surface area contributed by atoms with E-state index in [1.54, 1.807) is 53.6 Å². The molecule has 0 bridgehead atoms. The molecule has 1 N–H and O–H groups in total. The van der Waals surface area contributed by atoms with E-state index in [4.69, 9.17) is 21.4 Å². The van der Waals surface area contributed by atoms with E-state index >= 15 is 0 Å². The van der Waals surface area contributed by atoms with Gasteiger partial charge in [0.05, 0.1) is 22.8 Å². The lowest BCUT2D eigenvalue weighted by molar-refractivity contribution is 0.0891. The molecule has 0 saturated carbocycles. The maximum atomic E-state index is 12.4. The third-order valence-electron chi connectivity index (χ3n) is 4.40. The number of hydrogen-bond acceptors (Lipinski definition) is 7. The molecule has 0 aliphatic heterocycles. The van der Waals surface area contributed by atoms with Crippen molar-refractivity contribution in [2.24, 2.45) is 0 Å². The lowest BCUT2D eigenvalue weighted by Crippen LogP contribution is -2.36. The van der Waals surface area contributed by atoms with Crippen molar-refractivity contribution in [2.45, 2.75) is 19.5 Å². The van der Waals surface area contributed by atoms with E-state index in [0.29, 0.717) is 34.2 Å². The Kier molecular flexibility index (Phi) is 5.73. The van der Waals surface area contributed by atoms with Gasteiger partial charge in [-0.3, -0.25) is 14.5 Å². The lowest BCUT2D eigenvalue weighted by Gasteiger charge is -2.12. The molecule has 4 rings (SSSR count). The average Bonchev–Trinajstić information content (AvgIpc) is 3.44. The minimum atomic E-state index is -0.471. The molecule has 0 aliphatic rings. The largest absolute Gasteiger partial charge is 0.344 e. The fraction of sp³-hybridized carbons (Fsp3) is 0.143. The maximum Gasteiger partial charge on any atom is 0.316 e. The highest BCUT2D eigenvalue weighted by molar-refractivity contribution is 6.32. The Bertz CT molecular complexity index is 1260. The second-order valence-corrected chi connectivity index (χ2v) is 7.18. The number of carbonyl (C=O) groups excluding carboxylic acids is 1. The molecule has 31 heavy (non-hydrogen) atoms. The molecule has 1 atom stereocenters. The summed E-state index contributed by atoms with van der Waals surface area (Å²) < 4.78 is 6.77. The van der Waals surface area contributed by atoms with Gasteiger partial charge in [-0.1, -0.05) is 22.8 Å². The number of nitrogens with one attached hydrogen (secondary N) is 1. The minimum absolute atomic E-state index is 0.126. The summed E-state index contributed by atoms with van der Waals surface area (Å²) in [7, 11) is 0. The van der Waals surface area contributed by atoms with Crippen molar-refractivity contribution in [1.29, 1.82) is 5.26 Å². The Labute approximate surface area is 182 Å². The quantitative estimate of drug-likeness (QED) is 0.494. The van der Waals surface area contributed by atoms with Gasteiger partial charge < -0.3 is 9.84 Å². The number of carbonyl (C=O) groups is 1. The first kappa shape index (κ1) is 20.3. The summed E-state index contributed by atoms with van der Waals surface area (Å²) in [6.45, 7) is 2.27. The first-order valence-corrected chi connectivity index (χ1v) is 9.69. The van der Waals surface area contributed by atoms with Gasteiger partial charge in [0.15, 0.2) is 0 Å². The highest BCUT2D eigenvalue weighted by Crippen LogP contribution is 2.24. The summed E-state index contributed by atoms with van der Waals surface area (Å²) in [5.74, 6) is -0.302. The summed E-state index contributed by atoms with van der Waals surface area (Å²) in [6.07, 6.45) is 5.03. The van der Waals surface area contributed by atoms with Crippen LogP contribution < -0.4 is 5.32 Å². The molecule has 9 nitrogen and oxygen atoms in total. The van der Waals surface area contributed by atoms with Crippen molar-refractivity contribution in [3.63, 3.8) is 0 Å². The van der Waals surface area contributed by atoms with Gasteiger partial charge >= 0.3 is 11.8 Å². The molecule has 0 aliphatic carbocycles. The van der Waals surface area contributed by atoms with Crippen LogP contribution in [0.5, 0.6) is 0 Å². The van der Waals surface area contributed by atoms with Crippen LogP contribution >= 0.6 is 11.6 Å². The van der Waals surface area contributed by atoms with Gasteiger partial charge in [-0.15, -0.1) is 0 Å². The molecular formula is C21H16ClN7O2. The normalized spacial score (nSPS) is 11.6. The monoisotopic (exact) mass is 433 g/mol. The number of nitrogens with zero attached hydrogens (tertiary/aromatic N) is 6. The fourth-order valence-corrected chi connectivity index (χ4v) is 3.14. The second kappa shape index (κ2) is 8.77. The number of aromatic nitrogens is 5. The van der Waals surface area contributed by atoms with Gasteiger partial charge in [-0.25, -0.2) is 0 Å². The van der Waals surface area contributed by atoms with Gasteiger partial charge in [0.2, 0.25) is 5.82 Å². The standard InChI is InChI=1S/C21H16ClN7O2/c1-13(25-20(30)21-26-19(28-31-21)16-3-2-7-24-11-16)12-29-8-6-18(27-29)14-4-5-15(10-23)17(22)9-14/h2-9,11,13H,12H2,1H3,(H,25,30). The second-order valence-electron chi connectivity index (χ2n) is 6.77. The molecular weight excluding hydrogens is 418 g/mol. The van der Waals surface area contributed by atoms with Crippen molar-refractivity contribution in [2.75, 3.05) is 0 Å². The topological polar surface area (TPSA) is 123 Å². The molecule has 3 aromatic heterocycles. The van der Waals surface area contributed by atoms with E-state index in [2.05, 4.69) is 25.5 Å². The Morgan fingerprint density at radius 2 is 2.19 bits per heavy atom. The summed E-state index contributed by atoms with van der Waals surface area (Å²) in [6, 6.07) is 12.3. The van der Waals surface area contributed by atoms with E-state index in [0.717, 1.165) is 5.56 Å². The molecule has 1 aromatic carbocycles. The van der Waals surface area contributed by atoms with E-state index in [1.807, 2.05) is 19.1 Å². The van der Waals surface area contributed by atoms with Crippen molar-refractivity contribution in [1.82, 2.24) is 30.2 Å². The van der Waals surface area contributed by atoms with E-state index in [-0.39, 0.29) is 11.9 Å². The van der Waals surface area contributed by atoms with Crippen LogP contribution in [0, 0.1) is 11.3 Å². The van der Waals surface area contributed by atoms with Crippen LogP contribution in [-0.2, 0) is 6.54 Å². The number of benzene rings is 1. The maximum absolute atomic E-state index is 12.4. The van der Waals surface area contributed by atoms with Gasteiger partial charge in [0.1, 0.15) is 6.07 Å². The third kappa shape index (κ3) is 4.60. The lowest BCUT2D eigenvalue weighted by atomic mass is 10.1. The van der Waals surface area contributed by atoms with Crippen LogP contribution in [0.15, 0.2) is 59.5 Å². The highest BCUT2D eigenvalue weighted by Gasteiger charge is 2.18. The summed E-state index contributed by atoms with van der Waals surface area (Å²) in [5.41, 5.74) is 2.58. The zero-order valence-electron chi connectivity index (χ0n) is 16.4. The van der Waals surface area contributed by atoms with Crippen molar-refractivity contribution in [3.05, 3.63) is 71.5 Å². The fourth-order valence-electron chi connectivity index (χ4n) is 2.92. The Hall–Kier alpha value is -4.03. The first-order valence-electron chi connectivity index (χ1n) is 9.32. The Balaban J connectivity index is 1.39. The highest BCUT2D eigenvalue weighted by atomic mass is 35.5. The Morgan fingerprint density at radius 3 is 2.94 bits per heavy atom. The third-order valence-corrected chi connectivity index (χ3v) is 4.72. The number of nitriles is 1.